The molecule has 0 saturated heterocycles. The van der Waals surface area contributed by atoms with Crippen molar-refractivity contribution in [3.8, 4) is 0 Å². The predicted molar refractivity (Wildman–Crippen MR) is 58.6 cm³/mol. The molecule has 12 heavy (non-hydrogen) atoms. The van der Waals surface area contributed by atoms with E-state index in [2.05, 4.69) is 57.3 Å². The molecule has 0 spiro atoms. The van der Waals surface area contributed by atoms with Crippen LogP contribution in [0.2, 0.25) is 0 Å². The third-order valence-corrected chi connectivity index (χ3v) is 2.17. The van der Waals surface area contributed by atoms with Gasteiger partial charge in [0.15, 0.2) is 0 Å². The van der Waals surface area contributed by atoms with Gasteiger partial charge < -0.3 is 0 Å². The van der Waals surface area contributed by atoms with Gasteiger partial charge in [-0.1, -0.05) is 44.7 Å². The zero-order chi connectivity index (χ0) is 9.14. The first kappa shape index (κ1) is 9.40. The van der Waals surface area contributed by atoms with E-state index in [1.165, 1.54) is 5.56 Å². The zero-order valence-electron chi connectivity index (χ0n) is 7.54. The Morgan fingerprint density at radius 2 is 1.75 bits per heavy atom. The molecule has 0 radical (unpaired) electrons. The molecule has 0 heterocycles. The van der Waals surface area contributed by atoms with E-state index in [9.17, 15) is 0 Å². The molecule has 0 bridgehead atoms. The van der Waals surface area contributed by atoms with E-state index in [0.29, 0.717) is 5.92 Å². The second-order valence-corrected chi connectivity index (χ2v) is 3.76. The van der Waals surface area contributed by atoms with Crippen molar-refractivity contribution >= 4 is 17.5 Å². The van der Waals surface area contributed by atoms with Gasteiger partial charge in [0.25, 0.3) is 0 Å². The molecule has 0 atom stereocenters. The van der Waals surface area contributed by atoms with Crippen molar-refractivity contribution in [2.24, 2.45) is 0 Å². The smallest absolute Gasteiger partial charge is 0.00405 e. The second kappa shape index (κ2) is 3.81. The molecule has 0 N–H and O–H groups in total. The number of rotatable bonds is 2. The minimum absolute atomic E-state index is 0.590. The maximum Gasteiger partial charge on any atom is 0.00405 e. The molecular weight excluding hydrogens is 164 g/mol. The summed E-state index contributed by atoms with van der Waals surface area (Å²) in [5.74, 6) is 0.590. The third-order valence-electron chi connectivity index (χ3n) is 1.91. The van der Waals surface area contributed by atoms with Crippen LogP contribution in [0.15, 0.2) is 30.8 Å². The largest absolute Gasteiger partial charge is 0.143 e. The van der Waals surface area contributed by atoms with Crippen LogP contribution >= 0.6 is 12.6 Å². The molecule has 0 unspecified atom stereocenters. The Hall–Kier alpha value is -0.690. The first-order chi connectivity index (χ1) is 5.61. The molecular formula is C11H14S. The van der Waals surface area contributed by atoms with Crippen LogP contribution in [-0.2, 0) is 0 Å². The van der Waals surface area contributed by atoms with Crippen molar-refractivity contribution in [1.29, 1.82) is 0 Å². The van der Waals surface area contributed by atoms with Gasteiger partial charge in [-0.05, 0) is 17.0 Å². The van der Waals surface area contributed by atoms with Gasteiger partial charge in [0.2, 0.25) is 0 Å². The lowest BCUT2D eigenvalue weighted by molar-refractivity contribution is 0.866. The Kier molecular flexibility index (Phi) is 2.99. The molecule has 0 aromatic heterocycles. The van der Waals surface area contributed by atoms with E-state index >= 15 is 0 Å². The van der Waals surface area contributed by atoms with E-state index < -0.39 is 0 Å². The second-order valence-electron chi connectivity index (χ2n) is 3.22. The first-order valence-electron chi connectivity index (χ1n) is 4.09. The van der Waals surface area contributed by atoms with Crippen LogP contribution in [-0.4, -0.2) is 0 Å². The summed E-state index contributed by atoms with van der Waals surface area (Å²) in [7, 11) is 0. The molecule has 0 aliphatic heterocycles. The maximum atomic E-state index is 4.18. The van der Waals surface area contributed by atoms with E-state index in [0.717, 1.165) is 10.5 Å². The molecule has 0 aliphatic carbocycles. The van der Waals surface area contributed by atoms with Crippen molar-refractivity contribution in [2.75, 3.05) is 0 Å². The van der Waals surface area contributed by atoms with Crippen molar-refractivity contribution in [1.82, 2.24) is 0 Å². The molecule has 0 saturated carbocycles. The molecule has 1 aromatic carbocycles. The summed E-state index contributed by atoms with van der Waals surface area (Å²) in [6.45, 7) is 8.13. The van der Waals surface area contributed by atoms with E-state index in [1.807, 2.05) is 0 Å². The van der Waals surface area contributed by atoms with Gasteiger partial charge in [-0.2, -0.15) is 0 Å². The highest BCUT2D eigenvalue weighted by molar-refractivity contribution is 7.90. The quantitative estimate of drug-likeness (QED) is 0.656. The normalized spacial score (nSPS) is 10.3. The average Bonchev–Trinajstić information content (AvgIpc) is 2.04. The lowest BCUT2D eigenvalue weighted by atomic mass is 10.0. The molecule has 1 heteroatoms. The first-order valence-corrected chi connectivity index (χ1v) is 4.54. The van der Waals surface area contributed by atoms with Crippen LogP contribution in [0.3, 0.4) is 0 Å². The number of thiol groups is 1. The zero-order valence-corrected chi connectivity index (χ0v) is 8.44. The van der Waals surface area contributed by atoms with Crippen LogP contribution in [0.1, 0.15) is 30.9 Å². The summed E-state index contributed by atoms with van der Waals surface area (Å²) < 4.78 is 0. The highest BCUT2D eigenvalue weighted by atomic mass is 32.1. The Morgan fingerprint density at radius 1 is 1.25 bits per heavy atom. The van der Waals surface area contributed by atoms with Crippen LogP contribution in [0.4, 0.5) is 0 Å². The molecule has 0 fully saturated rings. The fourth-order valence-electron chi connectivity index (χ4n) is 1.06. The lowest BCUT2D eigenvalue weighted by Crippen LogP contribution is -1.86. The number of hydrogen-bond donors (Lipinski definition) is 1. The molecule has 0 aliphatic rings. The summed E-state index contributed by atoms with van der Waals surface area (Å²) in [5, 5.41) is 0. The van der Waals surface area contributed by atoms with Crippen LogP contribution < -0.4 is 0 Å². The molecule has 0 amide bonds. The predicted octanol–water partition coefficient (Wildman–Crippen LogP) is 3.71. The summed E-state index contributed by atoms with van der Waals surface area (Å²) in [6.07, 6.45) is 0. The SMILES string of the molecule is C=C(S)c1ccc(C(C)C)cc1. The van der Waals surface area contributed by atoms with Gasteiger partial charge in [-0.25, -0.2) is 0 Å². The Bertz CT molecular complexity index is 270. The summed E-state index contributed by atoms with van der Waals surface area (Å²) in [5.41, 5.74) is 2.45. The van der Waals surface area contributed by atoms with Gasteiger partial charge in [-0.3, -0.25) is 0 Å². The van der Waals surface area contributed by atoms with E-state index in [4.69, 9.17) is 0 Å². The molecule has 1 aromatic rings. The molecule has 1 rings (SSSR count). The van der Waals surface area contributed by atoms with E-state index in [1.54, 1.807) is 0 Å². The minimum atomic E-state index is 0.590. The monoisotopic (exact) mass is 178 g/mol. The van der Waals surface area contributed by atoms with Crippen LogP contribution in [0.5, 0.6) is 0 Å². The topological polar surface area (TPSA) is 0 Å². The molecule has 0 nitrogen and oxygen atoms in total. The van der Waals surface area contributed by atoms with Gasteiger partial charge in [0.1, 0.15) is 0 Å². The molecule has 64 valence electrons. The highest BCUT2D eigenvalue weighted by Crippen LogP contribution is 2.19. The number of hydrogen-bond acceptors (Lipinski definition) is 1. The van der Waals surface area contributed by atoms with Gasteiger partial charge in [0, 0.05) is 4.91 Å². The Morgan fingerprint density at radius 3 is 2.08 bits per heavy atom. The third kappa shape index (κ3) is 2.15. The Balaban J connectivity index is 2.93. The number of benzene rings is 1. The average molecular weight is 178 g/mol. The standard InChI is InChI=1S/C11H14S/c1-8(2)10-4-6-11(7-5-10)9(3)12/h4-8,12H,3H2,1-2H3. The summed E-state index contributed by atoms with van der Waals surface area (Å²) in [4.78, 5) is 0.824. The lowest BCUT2D eigenvalue weighted by Gasteiger charge is -2.05. The van der Waals surface area contributed by atoms with E-state index in [-0.39, 0.29) is 0 Å². The van der Waals surface area contributed by atoms with Crippen molar-refractivity contribution < 1.29 is 0 Å². The minimum Gasteiger partial charge on any atom is -0.143 e. The van der Waals surface area contributed by atoms with Crippen molar-refractivity contribution in [3.63, 3.8) is 0 Å². The van der Waals surface area contributed by atoms with Gasteiger partial charge >= 0.3 is 0 Å². The maximum absolute atomic E-state index is 4.18. The highest BCUT2D eigenvalue weighted by Gasteiger charge is 1.98. The van der Waals surface area contributed by atoms with Crippen molar-refractivity contribution in [3.05, 3.63) is 42.0 Å². The Labute approximate surface area is 79.7 Å². The summed E-state index contributed by atoms with van der Waals surface area (Å²) >= 11 is 4.18. The van der Waals surface area contributed by atoms with Crippen molar-refractivity contribution in [2.45, 2.75) is 19.8 Å². The van der Waals surface area contributed by atoms with Crippen LogP contribution in [0.25, 0.3) is 4.91 Å². The van der Waals surface area contributed by atoms with Crippen LogP contribution in [0, 0.1) is 0 Å². The summed E-state index contributed by atoms with van der Waals surface area (Å²) in [6, 6.07) is 8.37. The fraction of sp³-hybridized carbons (Fsp3) is 0.273. The van der Waals surface area contributed by atoms with Gasteiger partial charge in [0.05, 0.1) is 0 Å². The fourth-order valence-corrected chi connectivity index (χ4v) is 1.21. The van der Waals surface area contributed by atoms with Gasteiger partial charge in [-0.15, -0.1) is 12.6 Å².